The Kier molecular flexibility index (Phi) is 5.66. The van der Waals surface area contributed by atoms with E-state index in [9.17, 15) is 9.59 Å². The van der Waals surface area contributed by atoms with Crippen LogP contribution in [-0.4, -0.2) is 38.0 Å². The van der Waals surface area contributed by atoms with Gasteiger partial charge in [0.2, 0.25) is 5.91 Å². The maximum Gasteiger partial charge on any atom is 0.321 e. The molecule has 0 saturated heterocycles. The fourth-order valence-electron chi connectivity index (χ4n) is 1.93. The number of aromatic nitrogens is 3. The first kappa shape index (κ1) is 18.1. The van der Waals surface area contributed by atoms with E-state index in [1.807, 2.05) is 32.3 Å². The molecule has 24 heavy (non-hydrogen) atoms. The second-order valence-corrected chi connectivity index (χ2v) is 7.01. The number of rotatable bonds is 5. The largest absolute Gasteiger partial charge is 0.461 e. The summed E-state index contributed by atoms with van der Waals surface area (Å²) in [6.07, 6.45) is 1.57. The molecular weight excluding hydrogens is 330 g/mol. The van der Waals surface area contributed by atoms with Crippen molar-refractivity contribution < 1.29 is 14.0 Å². The summed E-state index contributed by atoms with van der Waals surface area (Å²) in [6.45, 7) is 8.11. The standard InChI is InChI=1S/C15H21N5O3S/c1-5-20-12(10-7-6-8-23-10)18-19-14(20)24-9-11(21)16-13(22)17-15(2,3)4/h6-8H,5,9H2,1-4H3,(H2,16,17,21,22). The molecule has 2 rings (SSSR count). The molecule has 2 aromatic heterocycles. The van der Waals surface area contributed by atoms with E-state index < -0.39 is 17.5 Å². The zero-order valence-electron chi connectivity index (χ0n) is 14.1. The number of urea groups is 1. The van der Waals surface area contributed by atoms with Gasteiger partial charge < -0.3 is 9.73 Å². The monoisotopic (exact) mass is 351 g/mol. The molecule has 0 aliphatic rings. The molecule has 8 nitrogen and oxygen atoms in total. The SMILES string of the molecule is CCn1c(SCC(=O)NC(=O)NC(C)(C)C)nnc1-c1ccco1. The summed E-state index contributed by atoms with van der Waals surface area (Å²) < 4.78 is 7.19. The van der Waals surface area contributed by atoms with Crippen LogP contribution in [0.4, 0.5) is 4.79 Å². The molecule has 0 spiro atoms. The number of carbonyl (C=O) groups is 2. The minimum absolute atomic E-state index is 0.0633. The van der Waals surface area contributed by atoms with Crippen LogP contribution < -0.4 is 10.6 Å². The summed E-state index contributed by atoms with van der Waals surface area (Å²) >= 11 is 1.21. The molecule has 0 aliphatic heterocycles. The molecule has 0 aromatic carbocycles. The maximum absolute atomic E-state index is 11.9. The van der Waals surface area contributed by atoms with Crippen LogP contribution in [-0.2, 0) is 11.3 Å². The van der Waals surface area contributed by atoms with Crippen molar-refractivity contribution in [1.82, 2.24) is 25.4 Å². The number of hydrogen-bond acceptors (Lipinski definition) is 6. The van der Waals surface area contributed by atoms with E-state index in [1.54, 1.807) is 18.4 Å². The molecular formula is C15H21N5O3S. The number of nitrogens with one attached hydrogen (secondary N) is 2. The minimum atomic E-state index is -0.513. The van der Waals surface area contributed by atoms with Crippen LogP contribution in [0.1, 0.15) is 27.7 Å². The highest BCUT2D eigenvalue weighted by molar-refractivity contribution is 7.99. The maximum atomic E-state index is 11.9. The minimum Gasteiger partial charge on any atom is -0.461 e. The summed E-state index contributed by atoms with van der Waals surface area (Å²) in [5.74, 6) is 0.890. The van der Waals surface area contributed by atoms with E-state index >= 15 is 0 Å². The van der Waals surface area contributed by atoms with Crippen molar-refractivity contribution in [3.8, 4) is 11.6 Å². The van der Waals surface area contributed by atoms with Crippen molar-refractivity contribution in [3.05, 3.63) is 18.4 Å². The highest BCUT2D eigenvalue weighted by Gasteiger charge is 2.18. The van der Waals surface area contributed by atoms with Gasteiger partial charge in [-0.1, -0.05) is 11.8 Å². The topological polar surface area (TPSA) is 102 Å². The summed E-state index contributed by atoms with van der Waals surface area (Å²) in [7, 11) is 0. The van der Waals surface area contributed by atoms with Gasteiger partial charge in [-0.05, 0) is 39.8 Å². The number of nitrogens with zero attached hydrogens (tertiary/aromatic N) is 3. The predicted octanol–water partition coefficient (Wildman–Crippen LogP) is 2.27. The average Bonchev–Trinajstić information content (AvgIpc) is 3.11. The van der Waals surface area contributed by atoms with E-state index in [1.165, 1.54) is 11.8 Å². The lowest BCUT2D eigenvalue weighted by Crippen LogP contribution is -2.48. The van der Waals surface area contributed by atoms with Gasteiger partial charge in [0.05, 0.1) is 12.0 Å². The van der Waals surface area contributed by atoms with Gasteiger partial charge >= 0.3 is 6.03 Å². The lowest BCUT2D eigenvalue weighted by Gasteiger charge is -2.20. The van der Waals surface area contributed by atoms with Crippen molar-refractivity contribution in [3.63, 3.8) is 0 Å². The van der Waals surface area contributed by atoms with Crippen LogP contribution in [0.15, 0.2) is 28.0 Å². The lowest BCUT2D eigenvalue weighted by molar-refractivity contribution is -0.117. The normalized spacial score (nSPS) is 11.3. The Morgan fingerprint density at radius 2 is 2.08 bits per heavy atom. The summed E-state index contributed by atoms with van der Waals surface area (Å²) in [5.41, 5.74) is -0.405. The molecule has 2 heterocycles. The van der Waals surface area contributed by atoms with Crippen molar-refractivity contribution in [2.24, 2.45) is 0 Å². The van der Waals surface area contributed by atoms with Gasteiger partial charge in [0.25, 0.3) is 0 Å². The molecule has 0 atom stereocenters. The van der Waals surface area contributed by atoms with E-state index in [-0.39, 0.29) is 5.75 Å². The molecule has 9 heteroatoms. The Labute approximate surface area is 144 Å². The smallest absolute Gasteiger partial charge is 0.321 e. The van der Waals surface area contributed by atoms with Crippen LogP contribution in [0.3, 0.4) is 0 Å². The molecule has 3 amide bonds. The van der Waals surface area contributed by atoms with Gasteiger partial charge in [0.1, 0.15) is 0 Å². The number of carbonyl (C=O) groups excluding carboxylic acids is 2. The third kappa shape index (κ3) is 4.85. The van der Waals surface area contributed by atoms with Gasteiger partial charge in [-0.25, -0.2) is 4.79 Å². The Balaban J connectivity index is 1.95. The van der Waals surface area contributed by atoms with Crippen LogP contribution in [0.5, 0.6) is 0 Å². The van der Waals surface area contributed by atoms with Crippen LogP contribution >= 0.6 is 11.8 Å². The third-order valence-electron chi connectivity index (χ3n) is 2.85. The van der Waals surface area contributed by atoms with Crippen molar-refractivity contribution in [2.45, 2.75) is 44.9 Å². The fourth-order valence-corrected chi connectivity index (χ4v) is 2.74. The average molecular weight is 351 g/mol. The summed E-state index contributed by atoms with van der Waals surface area (Å²) in [6, 6.07) is 3.06. The fraction of sp³-hybridized carbons (Fsp3) is 0.467. The molecule has 0 unspecified atom stereocenters. The predicted molar refractivity (Wildman–Crippen MR) is 90.5 cm³/mol. The Hall–Kier alpha value is -2.29. The highest BCUT2D eigenvalue weighted by Crippen LogP contribution is 2.23. The zero-order valence-corrected chi connectivity index (χ0v) is 14.9. The van der Waals surface area contributed by atoms with Crippen LogP contribution in [0.2, 0.25) is 0 Å². The first-order valence-corrected chi connectivity index (χ1v) is 8.50. The highest BCUT2D eigenvalue weighted by atomic mass is 32.2. The second kappa shape index (κ2) is 7.52. The van der Waals surface area contributed by atoms with Gasteiger partial charge in [-0.2, -0.15) is 0 Å². The molecule has 2 aromatic rings. The van der Waals surface area contributed by atoms with Gasteiger partial charge in [-0.3, -0.25) is 14.7 Å². The molecule has 0 bridgehead atoms. The Morgan fingerprint density at radius 1 is 1.33 bits per heavy atom. The molecule has 130 valence electrons. The number of imide groups is 1. The van der Waals surface area contributed by atoms with Crippen LogP contribution in [0, 0.1) is 0 Å². The Bertz CT molecular complexity index is 703. The Morgan fingerprint density at radius 3 is 2.67 bits per heavy atom. The first-order chi connectivity index (χ1) is 11.3. The zero-order chi connectivity index (χ0) is 17.7. The van der Waals surface area contributed by atoms with E-state index in [2.05, 4.69) is 20.8 Å². The molecule has 0 saturated carbocycles. The van der Waals surface area contributed by atoms with Crippen molar-refractivity contribution >= 4 is 23.7 Å². The van der Waals surface area contributed by atoms with Gasteiger partial charge in [0, 0.05) is 12.1 Å². The lowest BCUT2D eigenvalue weighted by atomic mass is 10.1. The van der Waals surface area contributed by atoms with Crippen molar-refractivity contribution in [1.29, 1.82) is 0 Å². The molecule has 0 fully saturated rings. The van der Waals surface area contributed by atoms with E-state index in [0.29, 0.717) is 23.3 Å². The summed E-state index contributed by atoms with van der Waals surface area (Å²) in [5, 5.41) is 13.7. The number of amides is 3. The van der Waals surface area contributed by atoms with E-state index in [0.717, 1.165) is 0 Å². The number of furan rings is 1. The number of thioether (sulfide) groups is 1. The third-order valence-corrected chi connectivity index (χ3v) is 3.82. The summed E-state index contributed by atoms with van der Waals surface area (Å²) in [4.78, 5) is 23.5. The second-order valence-electron chi connectivity index (χ2n) is 6.07. The van der Waals surface area contributed by atoms with E-state index in [4.69, 9.17) is 4.42 Å². The number of hydrogen-bond donors (Lipinski definition) is 2. The quantitative estimate of drug-likeness (QED) is 0.801. The molecule has 0 radical (unpaired) electrons. The van der Waals surface area contributed by atoms with Gasteiger partial charge in [-0.15, -0.1) is 10.2 Å². The van der Waals surface area contributed by atoms with Gasteiger partial charge in [0.15, 0.2) is 16.7 Å². The van der Waals surface area contributed by atoms with Crippen molar-refractivity contribution in [2.75, 3.05) is 5.75 Å². The van der Waals surface area contributed by atoms with Crippen LogP contribution in [0.25, 0.3) is 11.6 Å². The molecule has 2 N–H and O–H groups in total. The first-order valence-electron chi connectivity index (χ1n) is 7.52. The molecule has 0 aliphatic carbocycles.